The summed E-state index contributed by atoms with van der Waals surface area (Å²) in [5.74, 6) is 0.374. The Balaban J connectivity index is 1.63. The number of piperidine rings is 1. The molecule has 1 aromatic heterocycles. The summed E-state index contributed by atoms with van der Waals surface area (Å²) in [6.45, 7) is 5.50. The molecule has 154 valence electrons. The van der Waals surface area contributed by atoms with E-state index in [1.165, 1.54) is 6.42 Å². The highest BCUT2D eigenvalue weighted by molar-refractivity contribution is 5.97. The molecule has 1 fully saturated rings. The van der Waals surface area contributed by atoms with Gasteiger partial charge in [0.15, 0.2) is 5.82 Å². The van der Waals surface area contributed by atoms with Gasteiger partial charge in [-0.3, -0.25) is 9.59 Å². The van der Waals surface area contributed by atoms with Gasteiger partial charge in [0, 0.05) is 32.7 Å². The first-order valence-electron chi connectivity index (χ1n) is 10.9. The number of hydrogen-bond acceptors (Lipinski definition) is 3. The first-order valence-corrected chi connectivity index (χ1v) is 10.9. The lowest BCUT2D eigenvalue weighted by molar-refractivity contribution is 0.0705. The Kier molecular flexibility index (Phi) is 5.97. The van der Waals surface area contributed by atoms with Crippen molar-refractivity contribution in [2.45, 2.75) is 58.5 Å². The molecule has 1 aromatic carbocycles. The number of hydrogen-bond donors (Lipinski definition) is 0. The Bertz CT molecular complexity index is 869. The fourth-order valence-corrected chi connectivity index (χ4v) is 4.40. The first kappa shape index (κ1) is 19.7. The second kappa shape index (κ2) is 8.80. The Morgan fingerprint density at radius 1 is 1.00 bits per heavy atom. The predicted molar refractivity (Wildman–Crippen MR) is 112 cm³/mol. The van der Waals surface area contributed by atoms with Crippen molar-refractivity contribution in [3.63, 3.8) is 0 Å². The quantitative estimate of drug-likeness (QED) is 0.780. The van der Waals surface area contributed by atoms with Gasteiger partial charge >= 0.3 is 0 Å². The van der Waals surface area contributed by atoms with E-state index in [2.05, 4.69) is 4.98 Å². The van der Waals surface area contributed by atoms with E-state index >= 15 is 0 Å². The van der Waals surface area contributed by atoms with Gasteiger partial charge in [-0.15, -0.1) is 0 Å². The minimum atomic E-state index is -0.0697. The van der Waals surface area contributed by atoms with Gasteiger partial charge in [-0.05, 0) is 51.0 Å². The zero-order chi connectivity index (χ0) is 20.2. The van der Waals surface area contributed by atoms with E-state index in [1.807, 2.05) is 51.6 Å². The third-order valence-electron chi connectivity index (χ3n) is 6.04. The molecule has 2 aliphatic rings. The smallest absolute Gasteiger partial charge is 0.289 e. The topological polar surface area (TPSA) is 58.4 Å². The summed E-state index contributed by atoms with van der Waals surface area (Å²) in [5.41, 5.74) is 2.51. The second-order valence-electron chi connectivity index (χ2n) is 8.00. The zero-order valence-electron chi connectivity index (χ0n) is 17.3. The van der Waals surface area contributed by atoms with Crippen molar-refractivity contribution in [2.24, 2.45) is 0 Å². The van der Waals surface area contributed by atoms with E-state index in [4.69, 9.17) is 0 Å². The van der Waals surface area contributed by atoms with Crippen LogP contribution in [0.1, 0.15) is 71.4 Å². The van der Waals surface area contributed by atoms with Crippen molar-refractivity contribution in [1.29, 1.82) is 0 Å². The van der Waals surface area contributed by atoms with Crippen molar-refractivity contribution < 1.29 is 9.59 Å². The summed E-state index contributed by atoms with van der Waals surface area (Å²) in [7, 11) is 0. The maximum absolute atomic E-state index is 13.4. The number of rotatable bonds is 5. The van der Waals surface area contributed by atoms with Gasteiger partial charge in [0.05, 0.1) is 5.69 Å². The van der Waals surface area contributed by atoms with Crippen molar-refractivity contribution in [2.75, 3.05) is 19.6 Å². The number of likely N-dealkylation sites (tertiary alicyclic amines) is 1. The monoisotopic (exact) mass is 394 g/mol. The number of carbonyl (C=O) groups is 2. The first-order chi connectivity index (χ1) is 14.2. The predicted octanol–water partition coefficient (Wildman–Crippen LogP) is 3.51. The van der Waals surface area contributed by atoms with E-state index in [-0.39, 0.29) is 11.8 Å². The van der Waals surface area contributed by atoms with E-state index in [1.54, 1.807) is 0 Å². The van der Waals surface area contributed by atoms with Gasteiger partial charge in [0.25, 0.3) is 11.8 Å². The molecule has 29 heavy (non-hydrogen) atoms. The van der Waals surface area contributed by atoms with Crippen LogP contribution in [-0.4, -0.2) is 50.8 Å². The molecule has 0 aliphatic carbocycles. The number of aromatic nitrogens is 2. The molecule has 0 saturated carbocycles. The molecular weight excluding hydrogens is 364 g/mol. The minimum absolute atomic E-state index is 0.0157. The molecule has 0 unspecified atom stereocenters. The average Bonchev–Trinajstić information content (AvgIpc) is 3.17. The van der Waals surface area contributed by atoms with Crippen molar-refractivity contribution >= 4 is 11.8 Å². The summed E-state index contributed by atoms with van der Waals surface area (Å²) in [6, 6.07) is 10.0. The normalized spacial score (nSPS) is 16.4. The number of benzene rings is 1. The van der Waals surface area contributed by atoms with Crippen LogP contribution in [0.3, 0.4) is 0 Å². The molecule has 6 nitrogen and oxygen atoms in total. The summed E-state index contributed by atoms with van der Waals surface area (Å²) in [5, 5.41) is 0. The number of nitrogens with zero attached hydrogens (tertiary/aromatic N) is 4. The van der Waals surface area contributed by atoms with Crippen LogP contribution in [0, 0.1) is 0 Å². The molecule has 2 amide bonds. The molecule has 3 heterocycles. The van der Waals surface area contributed by atoms with Crippen molar-refractivity contribution in [3.8, 4) is 0 Å². The molecule has 2 aliphatic heterocycles. The number of carbonyl (C=O) groups excluding carboxylic acids is 2. The summed E-state index contributed by atoms with van der Waals surface area (Å²) in [6.07, 6.45) is 6.15. The molecule has 0 atom stereocenters. The maximum atomic E-state index is 13.4. The molecule has 0 radical (unpaired) electrons. The summed E-state index contributed by atoms with van der Waals surface area (Å²) in [4.78, 5) is 34.9. The van der Waals surface area contributed by atoms with E-state index in [0.717, 1.165) is 63.0 Å². The molecule has 0 spiro atoms. The highest BCUT2D eigenvalue weighted by atomic mass is 16.2. The summed E-state index contributed by atoms with van der Waals surface area (Å²) < 4.78 is 2.02. The second-order valence-corrected chi connectivity index (χ2v) is 8.00. The molecule has 4 rings (SSSR count). The lowest BCUT2D eigenvalue weighted by Gasteiger charge is -2.27. The molecule has 6 heteroatoms. The van der Waals surface area contributed by atoms with E-state index in [9.17, 15) is 9.59 Å². The van der Waals surface area contributed by atoms with E-state index < -0.39 is 0 Å². The van der Waals surface area contributed by atoms with Crippen LogP contribution in [0.15, 0.2) is 30.3 Å². The van der Waals surface area contributed by atoms with Crippen molar-refractivity contribution in [3.05, 3.63) is 53.1 Å². The highest BCUT2D eigenvalue weighted by Crippen LogP contribution is 2.24. The van der Waals surface area contributed by atoms with Crippen LogP contribution < -0.4 is 0 Å². The van der Waals surface area contributed by atoms with Gasteiger partial charge < -0.3 is 14.4 Å². The average molecular weight is 395 g/mol. The van der Waals surface area contributed by atoms with Gasteiger partial charge in [-0.1, -0.05) is 30.3 Å². The zero-order valence-corrected chi connectivity index (χ0v) is 17.3. The maximum Gasteiger partial charge on any atom is 0.289 e. The van der Waals surface area contributed by atoms with Crippen LogP contribution in [0.2, 0.25) is 0 Å². The Hall–Kier alpha value is -2.63. The largest absolute Gasteiger partial charge is 0.336 e. The van der Waals surface area contributed by atoms with Crippen LogP contribution in [-0.2, 0) is 19.5 Å². The minimum Gasteiger partial charge on any atom is -0.336 e. The molecule has 1 saturated heterocycles. The lowest BCUT2D eigenvalue weighted by Crippen LogP contribution is -2.37. The number of fused-ring (bicyclic) bond motifs is 1. The van der Waals surface area contributed by atoms with Crippen LogP contribution >= 0.6 is 0 Å². The van der Waals surface area contributed by atoms with E-state index in [0.29, 0.717) is 24.6 Å². The highest BCUT2D eigenvalue weighted by Gasteiger charge is 2.31. The number of amides is 2. The fourth-order valence-electron chi connectivity index (χ4n) is 4.40. The fraction of sp³-hybridized carbons (Fsp3) is 0.522. The van der Waals surface area contributed by atoms with Gasteiger partial charge in [-0.2, -0.15) is 0 Å². The molecule has 0 N–H and O–H groups in total. The Morgan fingerprint density at radius 3 is 2.45 bits per heavy atom. The Labute approximate surface area is 172 Å². The lowest BCUT2D eigenvalue weighted by atomic mass is 10.1. The number of imidazole rings is 1. The van der Waals surface area contributed by atoms with Gasteiger partial charge in [-0.25, -0.2) is 4.98 Å². The van der Waals surface area contributed by atoms with Gasteiger partial charge in [0.1, 0.15) is 5.69 Å². The van der Waals surface area contributed by atoms with Crippen LogP contribution in [0.5, 0.6) is 0 Å². The van der Waals surface area contributed by atoms with Crippen LogP contribution in [0.4, 0.5) is 0 Å². The Morgan fingerprint density at radius 2 is 1.72 bits per heavy atom. The summed E-state index contributed by atoms with van der Waals surface area (Å²) >= 11 is 0. The van der Waals surface area contributed by atoms with Crippen molar-refractivity contribution in [1.82, 2.24) is 19.4 Å². The third-order valence-corrected chi connectivity index (χ3v) is 6.04. The molecule has 2 aromatic rings. The molecule has 0 bridgehead atoms. The van der Waals surface area contributed by atoms with Crippen LogP contribution in [0.25, 0.3) is 0 Å². The third kappa shape index (κ3) is 4.07. The van der Waals surface area contributed by atoms with Gasteiger partial charge in [0.2, 0.25) is 0 Å². The molecular formula is C23H30N4O2. The standard InChI is InChI=1S/C23H30N4O2/c1-2-25(17-18-11-5-3-6-12-18)22(28)20-19-13-7-10-16-27(19)21(24-20)23(29)26-14-8-4-9-15-26/h3,5-6,11-12H,2,4,7-10,13-17H2,1H3. The SMILES string of the molecule is CCN(Cc1ccccc1)C(=O)c1nc(C(=O)N2CCCCC2)n2c1CCCC2.